The second-order valence-electron chi connectivity index (χ2n) is 4.39. The summed E-state index contributed by atoms with van der Waals surface area (Å²) in [6.07, 6.45) is 1.72. The molecule has 3 aromatic rings. The fourth-order valence-corrected chi connectivity index (χ4v) is 2.62. The van der Waals surface area contributed by atoms with Crippen LogP contribution in [0, 0.1) is 0 Å². The average Bonchev–Trinajstić information content (AvgIpc) is 2.39. The minimum Gasteiger partial charge on any atom is -0.397 e. The van der Waals surface area contributed by atoms with E-state index >= 15 is 0 Å². The Labute approximate surface area is 126 Å². The minimum absolute atomic E-state index is 0.581. The first-order valence-electron chi connectivity index (χ1n) is 6.00. The van der Waals surface area contributed by atoms with E-state index in [9.17, 15) is 0 Å². The van der Waals surface area contributed by atoms with Crippen LogP contribution >= 0.6 is 23.2 Å². The van der Waals surface area contributed by atoms with E-state index in [-0.39, 0.29) is 0 Å². The summed E-state index contributed by atoms with van der Waals surface area (Å²) in [6, 6.07) is 12.9. The van der Waals surface area contributed by atoms with Crippen molar-refractivity contribution in [2.75, 3.05) is 11.1 Å². The average molecular weight is 304 g/mol. The van der Waals surface area contributed by atoms with Gasteiger partial charge in [-0.2, -0.15) is 0 Å². The summed E-state index contributed by atoms with van der Waals surface area (Å²) in [5, 5.41) is 5.40. The van der Waals surface area contributed by atoms with E-state index in [1.165, 1.54) is 0 Å². The Balaban J connectivity index is 2.09. The number of hydrogen-bond acceptors (Lipinski definition) is 3. The molecule has 3 N–H and O–H groups in total. The number of rotatable bonds is 2. The van der Waals surface area contributed by atoms with Crippen molar-refractivity contribution >= 4 is 51.2 Å². The van der Waals surface area contributed by atoms with Crippen LogP contribution in [0.1, 0.15) is 0 Å². The second kappa shape index (κ2) is 5.19. The highest BCUT2D eigenvalue weighted by molar-refractivity contribution is 6.35. The molecule has 0 amide bonds. The third-order valence-corrected chi connectivity index (χ3v) is 3.38. The summed E-state index contributed by atoms with van der Waals surface area (Å²) in [4.78, 5) is 4.30. The predicted octanol–water partition coefficient (Wildman–Crippen LogP) is 4.87. The van der Waals surface area contributed by atoms with E-state index in [1.807, 2.05) is 36.4 Å². The summed E-state index contributed by atoms with van der Waals surface area (Å²) < 4.78 is 0. The Hall–Kier alpha value is -1.97. The standard InChI is InChI=1S/C15H11Cl2N3/c16-9-6-10(17)8-11(7-9)20-14-4-5-19-15-12(14)2-1-3-13(15)18/h1-8H,18H2,(H,19,20). The molecule has 0 bridgehead atoms. The van der Waals surface area contributed by atoms with Gasteiger partial charge >= 0.3 is 0 Å². The van der Waals surface area contributed by atoms with Crippen molar-refractivity contribution in [3.05, 3.63) is 58.7 Å². The first-order chi connectivity index (χ1) is 9.63. The highest BCUT2D eigenvalue weighted by Crippen LogP contribution is 2.30. The largest absolute Gasteiger partial charge is 0.397 e. The van der Waals surface area contributed by atoms with Gasteiger partial charge in [-0.1, -0.05) is 35.3 Å². The summed E-state index contributed by atoms with van der Waals surface area (Å²) in [5.41, 5.74) is 9.07. The van der Waals surface area contributed by atoms with Gasteiger partial charge in [0, 0.05) is 33.0 Å². The molecule has 2 aromatic carbocycles. The Bertz CT molecular complexity index is 767. The molecule has 1 heterocycles. The normalized spacial score (nSPS) is 10.7. The molecule has 0 unspecified atom stereocenters. The molecule has 0 saturated heterocycles. The molecule has 5 heteroatoms. The Morgan fingerprint density at radius 1 is 1.00 bits per heavy atom. The van der Waals surface area contributed by atoms with Crippen LogP contribution in [0.25, 0.3) is 10.9 Å². The van der Waals surface area contributed by atoms with Crippen molar-refractivity contribution in [2.24, 2.45) is 0 Å². The van der Waals surface area contributed by atoms with Gasteiger partial charge in [-0.3, -0.25) is 4.98 Å². The van der Waals surface area contributed by atoms with Crippen LogP contribution in [0.15, 0.2) is 48.7 Å². The van der Waals surface area contributed by atoms with Crippen molar-refractivity contribution in [3.63, 3.8) is 0 Å². The number of nitrogen functional groups attached to an aromatic ring is 1. The van der Waals surface area contributed by atoms with Crippen LogP contribution in [-0.2, 0) is 0 Å². The van der Waals surface area contributed by atoms with Crippen LogP contribution in [-0.4, -0.2) is 4.98 Å². The number of aromatic nitrogens is 1. The number of fused-ring (bicyclic) bond motifs is 1. The number of nitrogens with one attached hydrogen (secondary N) is 1. The SMILES string of the molecule is Nc1cccc2c(Nc3cc(Cl)cc(Cl)c3)ccnc12. The maximum Gasteiger partial charge on any atom is 0.0951 e. The summed E-state index contributed by atoms with van der Waals surface area (Å²) >= 11 is 12.0. The van der Waals surface area contributed by atoms with E-state index in [0.717, 1.165) is 22.3 Å². The van der Waals surface area contributed by atoms with Gasteiger partial charge in [0.25, 0.3) is 0 Å². The van der Waals surface area contributed by atoms with Crippen molar-refractivity contribution in [2.45, 2.75) is 0 Å². The molecule has 1 aromatic heterocycles. The fraction of sp³-hybridized carbons (Fsp3) is 0. The zero-order chi connectivity index (χ0) is 14.1. The molecular formula is C15H11Cl2N3. The molecule has 3 nitrogen and oxygen atoms in total. The smallest absolute Gasteiger partial charge is 0.0951 e. The maximum atomic E-state index is 6.00. The molecular weight excluding hydrogens is 293 g/mol. The second-order valence-corrected chi connectivity index (χ2v) is 5.26. The summed E-state index contributed by atoms with van der Waals surface area (Å²) in [7, 11) is 0. The summed E-state index contributed by atoms with van der Waals surface area (Å²) in [6.45, 7) is 0. The molecule has 20 heavy (non-hydrogen) atoms. The van der Waals surface area contributed by atoms with E-state index < -0.39 is 0 Å². The monoisotopic (exact) mass is 303 g/mol. The van der Waals surface area contributed by atoms with E-state index in [0.29, 0.717) is 15.7 Å². The molecule has 0 aliphatic rings. The number of anilines is 3. The number of benzene rings is 2. The van der Waals surface area contributed by atoms with Crippen molar-refractivity contribution in [3.8, 4) is 0 Å². The van der Waals surface area contributed by atoms with Crippen molar-refractivity contribution in [1.82, 2.24) is 4.98 Å². The molecule has 0 saturated carbocycles. The van der Waals surface area contributed by atoms with Gasteiger partial charge in [0.15, 0.2) is 0 Å². The molecule has 3 rings (SSSR count). The van der Waals surface area contributed by atoms with Crippen molar-refractivity contribution < 1.29 is 0 Å². The van der Waals surface area contributed by atoms with Gasteiger partial charge in [-0.15, -0.1) is 0 Å². The highest BCUT2D eigenvalue weighted by Gasteiger charge is 2.05. The fourth-order valence-electron chi connectivity index (χ4n) is 2.09. The van der Waals surface area contributed by atoms with E-state index in [4.69, 9.17) is 28.9 Å². The zero-order valence-corrected chi connectivity index (χ0v) is 11.9. The first-order valence-corrected chi connectivity index (χ1v) is 6.75. The number of nitrogens with two attached hydrogens (primary N) is 1. The lowest BCUT2D eigenvalue weighted by atomic mass is 10.1. The topological polar surface area (TPSA) is 50.9 Å². The molecule has 0 spiro atoms. The van der Waals surface area contributed by atoms with Gasteiger partial charge in [0.1, 0.15) is 0 Å². The van der Waals surface area contributed by atoms with Gasteiger partial charge in [-0.25, -0.2) is 0 Å². The first kappa shape index (κ1) is 13.0. The Morgan fingerprint density at radius 2 is 1.75 bits per heavy atom. The zero-order valence-electron chi connectivity index (χ0n) is 10.4. The van der Waals surface area contributed by atoms with Gasteiger partial charge in [0.2, 0.25) is 0 Å². The number of nitrogens with zero attached hydrogens (tertiary/aromatic N) is 1. The Morgan fingerprint density at radius 3 is 2.50 bits per heavy atom. The van der Waals surface area contributed by atoms with Crippen LogP contribution in [0.4, 0.5) is 17.1 Å². The minimum atomic E-state index is 0.581. The molecule has 0 aliphatic heterocycles. The Kier molecular flexibility index (Phi) is 3.38. The van der Waals surface area contributed by atoms with Crippen LogP contribution in [0.3, 0.4) is 0 Å². The van der Waals surface area contributed by atoms with Crippen LogP contribution < -0.4 is 11.1 Å². The number of para-hydroxylation sites is 1. The van der Waals surface area contributed by atoms with Gasteiger partial charge < -0.3 is 11.1 Å². The third kappa shape index (κ3) is 2.50. The lowest BCUT2D eigenvalue weighted by Crippen LogP contribution is -1.95. The van der Waals surface area contributed by atoms with E-state index in [1.54, 1.807) is 12.3 Å². The molecule has 100 valence electrons. The van der Waals surface area contributed by atoms with E-state index in [2.05, 4.69) is 10.3 Å². The van der Waals surface area contributed by atoms with Crippen LogP contribution in [0.2, 0.25) is 10.0 Å². The molecule has 0 fully saturated rings. The molecule has 0 aliphatic carbocycles. The third-order valence-electron chi connectivity index (χ3n) is 2.94. The number of halogens is 2. The predicted molar refractivity (Wildman–Crippen MR) is 85.9 cm³/mol. The lowest BCUT2D eigenvalue weighted by molar-refractivity contribution is 1.40. The molecule has 0 radical (unpaired) electrons. The van der Waals surface area contributed by atoms with Gasteiger partial charge in [0.05, 0.1) is 11.2 Å². The highest BCUT2D eigenvalue weighted by atomic mass is 35.5. The van der Waals surface area contributed by atoms with Gasteiger partial charge in [-0.05, 0) is 30.3 Å². The number of pyridine rings is 1. The van der Waals surface area contributed by atoms with Crippen molar-refractivity contribution in [1.29, 1.82) is 0 Å². The lowest BCUT2D eigenvalue weighted by Gasteiger charge is -2.11. The number of hydrogen-bond donors (Lipinski definition) is 2. The maximum absolute atomic E-state index is 6.00. The molecule has 0 atom stereocenters. The quantitative estimate of drug-likeness (QED) is 0.664. The summed E-state index contributed by atoms with van der Waals surface area (Å²) in [5.74, 6) is 0. The van der Waals surface area contributed by atoms with Crippen LogP contribution in [0.5, 0.6) is 0 Å².